The Morgan fingerprint density at radius 1 is 1.34 bits per heavy atom. The van der Waals surface area contributed by atoms with Crippen molar-refractivity contribution >= 4 is 51.7 Å². The molecule has 192 valence electrons. The van der Waals surface area contributed by atoms with Gasteiger partial charge in [-0.15, -0.1) is 4.31 Å². The second kappa shape index (κ2) is 11.1. The molecule has 4 heterocycles. The van der Waals surface area contributed by atoms with Crippen LogP contribution < -0.4 is 10.2 Å². The maximum atomic E-state index is 13.1. The van der Waals surface area contributed by atoms with Crippen molar-refractivity contribution in [2.75, 3.05) is 30.4 Å². The number of aliphatic hydroxyl groups excluding tert-OH is 1. The van der Waals surface area contributed by atoms with Crippen molar-refractivity contribution in [3.63, 3.8) is 0 Å². The van der Waals surface area contributed by atoms with E-state index in [2.05, 4.69) is 47.8 Å². The third-order valence-corrected chi connectivity index (χ3v) is 9.76. The van der Waals surface area contributed by atoms with Gasteiger partial charge in [0.1, 0.15) is 5.76 Å². The van der Waals surface area contributed by atoms with Crippen molar-refractivity contribution in [3.05, 3.63) is 29.0 Å². The molecule has 0 amide bonds. The van der Waals surface area contributed by atoms with Crippen LogP contribution in [0, 0.1) is 5.92 Å². The van der Waals surface area contributed by atoms with Gasteiger partial charge in [-0.25, -0.2) is 0 Å². The molecule has 0 aliphatic carbocycles. The van der Waals surface area contributed by atoms with E-state index in [1.807, 2.05) is 18.2 Å². The van der Waals surface area contributed by atoms with E-state index in [1.54, 1.807) is 9.69 Å². The Labute approximate surface area is 217 Å². The van der Waals surface area contributed by atoms with Crippen LogP contribution in [0.1, 0.15) is 63.8 Å². The second-order valence-electron chi connectivity index (χ2n) is 9.45. The molecular formula is C23H33N5O4S3. The van der Waals surface area contributed by atoms with Crippen LogP contribution in [-0.4, -0.2) is 54.1 Å². The molecule has 0 radical (unpaired) electrons. The quantitative estimate of drug-likeness (QED) is 0.303. The summed E-state index contributed by atoms with van der Waals surface area (Å²) in [6, 6.07) is 1.89. The topological polar surface area (TPSA) is 121 Å². The summed E-state index contributed by atoms with van der Waals surface area (Å²) in [6.45, 7) is 9.12. The number of rotatable bonds is 10. The molecule has 9 nitrogen and oxygen atoms in total. The SMILES string of the molecule is CC(C)c1coc([C@@H](C(C)C)N(C)c2nsnc2Nc2csc([S+]([O-])N3CCCC3CO)c2O)c1. The average molecular weight is 540 g/mol. The zero-order chi connectivity index (χ0) is 25.3. The molecule has 0 spiro atoms. The van der Waals surface area contributed by atoms with E-state index in [-0.39, 0.29) is 30.4 Å². The van der Waals surface area contributed by atoms with E-state index in [0.717, 1.165) is 35.9 Å². The van der Waals surface area contributed by atoms with Gasteiger partial charge in [-0.2, -0.15) is 8.75 Å². The summed E-state index contributed by atoms with van der Waals surface area (Å²) in [4.78, 5) is 2.04. The lowest BCUT2D eigenvalue weighted by Crippen LogP contribution is -2.37. The number of nitrogens with zero attached hydrogens (tertiary/aromatic N) is 4. The number of furan rings is 1. The summed E-state index contributed by atoms with van der Waals surface area (Å²) in [5.74, 6) is 2.57. The van der Waals surface area contributed by atoms with Crippen molar-refractivity contribution in [2.24, 2.45) is 5.92 Å². The summed E-state index contributed by atoms with van der Waals surface area (Å²) in [7, 11) is 1.96. The standard InChI is InChI=1S/C23H33N5O4S3/c1-13(2)15-9-18(32-11-15)19(14(3)4)27(5)22-21(25-34-26-22)24-17-12-33-23(20(17)30)35(31)28-8-6-7-16(28)10-29/h9,11-14,16,19,29-30H,6-8,10H2,1-5H3,(H,24,25)/t16?,19-,35?/m1/s1. The maximum absolute atomic E-state index is 13.1. The minimum absolute atomic E-state index is 0.0471. The van der Waals surface area contributed by atoms with Gasteiger partial charge in [0.15, 0.2) is 11.6 Å². The van der Waals surface area contributed by atoms with Crippen LogP contribution in [0.4, 0.5) is 17.3 Å². The monoisotopic (exact) mass is 539 g/mol. The van der Waals surface area contributed by atoms with Gasteiger partial charge in [0, 0.05) is 19.0 Å². The molecule has 1 fully saturated rings. The van der Waals surface area contributed by atoms with Crippen LogP contribution in [0.2, 0.25) is 0 Å². The number of nitrogens with one attached hydrogen (secondary N) is 1. The fourth-order valence-electron chi connectivity index (χ4n) is 4.41. The van der Waals surface area contributed by atoms with Gasteiger partial charge in [0.25, 0.3) is 4.21 Å². The molecule has 3 N–H and O–H groups in total. The molecule has 2 unspecified atom stereocenters. The van der Waals surface area contributed by atoms with Crippen molar-refractivity contribution in [1.82, 2.24) is 13.1 Å². The summed E-state index contributed by atoms with van der Waals surface area (Å²) >= 11 is 0.769. The molecule has 4 rings (SSSR count). The minimum atomic E-state index is -1.54. The summed E-state index contributed by atoms with van der Waals surface area (Å²) in [6.07, 6.45) is 3.49. The Balaban J connectivity index is 1.55. The molecular weight excluding hydrogens is 506 g/mol. The van der Waals surface area contributed by atoms with Crippen LogP contribution in [0.15, 0.2) is 26.3 Å². The number of aliphatic hydroxyl groups is 1. The molecule has 3 aromatic rings. The number of hydrogen-bond donors (Lipinski definition) is 3. The minimum Gasteiger partial charge on any atom is -0.592 e. The Hall–Kier alpha value is -1.83. The summed E-state index contributed by atoms with van der Waals surface area (Å²) in [5, 5.41) is 25.4. The molecule has 12 heteroatoms. The lowest BCUT2D eigenvalue weighted by molar-refractivity contribution is 0.213. The van der Waals surface area contributed by atoms with Gasteiger partial charge < -0.3 is 29.4 Å². The largest absolute Gasteiger partial charge is 0.592 e. The van der Waals surface area contributed by atoms with Crippen molar-refractivity contribution in [2.45, 2.75) is 62.7 Å². The van der Waals surface area contributed by atoms with E-state index >= 15 is 0 Å². The zero-order valence-electron chi connectivity index (χ0n) is 20.6. The van der Waals surface area contributed by atoms with Gasteiger partial charge in [-0.3, -0.25) is 0 Å². The van der Waals surface area contributed by atoms with Crippen molar-refractivity contribution < 1.29 is 19.2 Å². The highest BCUT2D eigenvalue weighted by Gasteiger charge is 2.38. The molecule has 1 aliphatic heterocycles. The molecule has 1 aliphatic rings. The molecule has 3 atom stereocenters. The van der Waals surface area contributed by atoms with Gasteiger partial charge in [-0.05, 0) is 36.3 Å². The third-order valence-electron chi connectivity index (χ3n) is 6.34. The van der Waals surface area contributed by atoms with Gasteiger partial charge in [0.05, 0.1) is 53.7 Å². The van der Waals surface area contributed by atoms with E-state index in [1.165, 1.54) is 11.3 Å². The summed E-state index contributed by atoms with van der Waals surface area (Å²) in [5.41, 5.74) is 1.58. The molecule has 1 saturated heterocycles. The first-order chi connectivity index (χ1) is 16.7. The lowest BCUT2D eigenvalue weighted by atomic mass is 9.98. The average Bonchev–Trinajstić information content (AvgIpc) is 3.61. The molecule has 3 aromatic heterocycles. The molecule has 0 bridgehead atoms. The van der Waals surface area contributed by atoms with Crippen LogP contribution >= 0.6 is 23.1 Å². The van der Waals surface area contributed by atoms with Gasteiger partial charge in [-0.1, -0.05) is 39.0 Å². The van der Waals surface area contributed by atoms with Gasteiger partial charge >= 0.3 is 0 Å². The third kappa shape index (κ3) is 5.32. The number of hydrogen-bond acceptors (Lipinski definition) is 11. The number of aromatic hydroxyl groups is 1. The highest BCUT2D eigenvalue weighted by Crippen LogP contribution is 2.43. The van der Waals surface area contributed by atoms with Crippen LogP contribution in [0.25, 0.3) is 0 Å². The van der Waals surface area contributed by atoms with Crippen molar-refractivity contribution in [1.29, 1.82) is 0 Å². The molecule has 0 saturated carbocycles. The van der Waals surface area contributed by atoms with E-state index in [9.17, 15) is 14.8 Å². The number of aromatic nitrogens is 2. The number of thiophene rings is 1. The highest BCUT2D eigenvalue weighted by atomic mass is 32.2. The van der Waals surface area contributed by atoms with Crippen LogP contribution in [-0.2, 0) is 11.4 Å². The van der Waals surface area contributed by atoms with E-state index in [0.29, 0.717) is 34.0 Å². The molecule has 0 aromatic carbocycles. The maximum Gasteiger partial charge on any atom is 0.272 e. The number of anilines is 3. The Morgan fingerprint density at radius 2 is 2.11 bits per heavy atom. The first kappa shape index (κ1) is 26.2. The fraction of sp³-hybridized carbons (Fsp3) is 0.565. The normalized spacial score (nSPS) is 18.5. The van der Waals surface area contributed by atoms with Crippen LogP contribution in [0.3, 0.4) is 0 Å². The Kier molecular flexibility index (Phi) is 8.29. The lowest BCUT2D eigenvalue weighted by Gasteiger charge is -2.30. The Morgan fingerprint density at radius 3 is 2.77 bits per heavy atom. The first-order valence-electron chi connectivity index (χ1n) is 11.7. The van der Waals surface area contributed by atoms with E-state index < -0.39 is 11.4 Å². The second-order valence-corrected chi connectivity index (χ2v) is 12.5. The van der Waals surface area contributed by atoms with Gasteiger partial charge in [0.2, 0.25) is 5.75 Å². The Bertz CT molecular complexity index is 1110. The predicted octanol–water partition coefficient (Wildman–Crippen LogP) is 5.08. The zero-order valence-corrected chi connectivity index (χ0v) is 23.0. The highest BCUT2D eigenvalue weighted by molar-refractivity contribution is 7.91. The smallest absolute Gasteiger partial charge is 0.272 e. The fourth-order valence-corrected chi connectivity index (χ4v) is 7.56. The van der Waals surface area contributed by atoms with Crippen molar-refractivity contribution in [3.8, 4) is 5.75 Å². The summed E-state index contributed by atoms with van der Waals surface area (Å²) < 4.78 is 30.1. The van der Waals surface area contributed by atoms with E-state index in [4.69, 9.17) is 4.42 Å². The predicted molar refractivity (Wildman–Crippen MR) is 141 cm³/mol. The first-order valence-corrected chi connectivity index (χ1v) is 14.4. The molecule has 35 heavy (non-hydrogen) atoms. The van der Waals surface area contributed by atoms with Crippen LogP contribution in [0.5, 0.6) is 5.75 Å².